The quantitative estimate of drug-likeness (QED) is 0.908. The van der Waals surface area contributed by atoms with Crippen molar-refractivity contribution in [1.29, 1.82) is 0 Å². The van der Waals surface area contributed by atoms with Crippen LogP contribution < -0.4 is 5.73 Å². The van der Waals surface area contributed by atoms with E-state index in [1.54, 1.807) is 6.92 Å². The minimum Gasteiger partial charge on any atom is -0.338 e. The average Bonchev–Trinajstić information content (AvgIpc) is 2.41. The summed E-state index contributed by atoms with van der Waals surface area (Å²) in [4.78, 5) is 16.4. The van der Waals surface area contributed by atoms with Gasteiger partial charge in [-0.1, -0.05) is 30.3 Å². The van der Waals surface area contributed by atoms with Crippen LogP contribution in [-0.2, 0) is 11.3 Å². The maximum absolute atomic E-state index is 12.0. The zero-order valence-electron chi connectivity index (χ0n) is 12.7. The van der Waals surface area contributed by atoms with Crippen molar-refractivity contribution in [2.24, 2.45) is 5.73 Å². The van der Waals surface area contributed by atoms with Crippen LogP contribution in [0.15, 0.2) is 30.3 Å². The molecular weight excluding hydrogens is 250 g/mol. The van der Waals surface area contributed by atoms with Crippen LogP contribution in [0.1, 0.15) is 26.3 Å². The molecule has 1 amide bonds. The van der Waals surface area contributed by atoms with Gasteiger partial charge in [-0.3, -0.25) is 9.69 Å². The van der Waals surface area contributed by atoms with E-state index in [0.29, 0.717) is 0 Å². The zero-order chi connectivity index (χ0) is 14.8. The third kappa shape index (κ3) is 3.38. The summed E-state index contributed by atoms with van der Waals surface area (Å²) >= 11 is 0. The summed E-state index contributed by atoms with van der Waals surface area (Å²) in [5.41, 5.74) is 6.99. The summed E-state index contributed by atoms with van der Waals surface area (Å²) in [5.74, 6) is 0.0532. The summed E-state index contributed by atoms with van der Waals surface area (Å²) in [5, 5.41) is 0. The molecule has 1 aliphatic rings. The van der Waals surface area contributed by atoms with E-state index in [4.69, 9.17) is 5.73 Å². The summed E-state index contributed by atoms with van der Waals surface area (Å²) < 4.78 is 0. The molecule has 2 rings (SSSR count). The smallest absolute Gasteiger partial charge is 0.239 e. The molecule has 1 heterocycles. The van der Waals surface area contributed by atoms with Gasteiger partial charge in [0.05, 0.1) is 6.04 Å². The van der Waals surface area contributed by atoms with Crippen LogP contribution in [0.5, 0.6) is 0 Å². The number of benzene rings is 1. The van der Waals surface area contributed by atoms with Crippen molar-refractivity contribution in [3.05, 3.63) is 35.9 Å². The number of piperazine rings is 1. The molecule has 0 saturated carbocycles. The first kappa shape index (κ1) is 15.0. The van der Waals surface area contributed by atoms with Crippen LogP contribution in [0.3, 0.4) is 0 Å². The molecule has 4 nitrogen and oxygen atoms in total. The molecule has 20 heavy (non-hydrogen) atoms. The van der Waals surface area contributed by atoms with E-state index in [9.17, 15) is 4.79 Å². The Kier molecular flexibility index (Phi) is 4.45. The van der Waals surface area contributed by atoms with Gasteiger partial charge in [-0.2, -0.15) is 0 Å². The lowest BCUT2D eigenvalue weighted by Gasteiger charge is -2.47. The van der Waals surface area contributed by atoms with Crippen LogP contribution >= 0.6 is 0 Å². The van der Waals surface area contributed by atoms with Crippen molar-refractivity contribution in [2.45, 2.75) is 38.9 Å². The SMILES string of the molecule is C[C@H](N)C(=O)N1CCN(Cc2ccccc2)C(C)(C)C1. The summed E-state index contributed by atoms with van der Waals surface area (Å²) in [6.45, 7) is 9.45. The van der Waals surface area contributed by atoms with Crippen LogP contribution in [0.4, 0.5) is 0 Å². The predicted molar refractivity (Wildman–Crippen MR) is 81.2 cm³/mol. The fraction of sp³-hybridized carbons (Fsp3) is 0.562. The summed E-state index contributed by atoms with van der Waals surface area (Å²) in [6.07, 6.45) is 0. The zero-order valence-corrected chi connectivity index (χ0v) is 12.7. The topological polar surface area (TPSA) is 49.6 Å². The van der Waals surface area contributed by atoms with E-state index in [1.807, 2.05) is 11.0 Å². The lowest BCUT2D eigenvalue weighted by Crippen LogP contribution is -2.61. The van der Waals surface area contributed by atoms with E-state index in [1.165, 1.54) is 5.56 Å². The third-order valence-corrected chi connectivity index (χ3v) is 3.99. The fourth-order valence-electron chi connectivity index (χ4n) is 2.76. The molecule has 1 fully saturated rings. The highest BCUT2D eigenvalue weighted by Crippen LogP contribution is 2.23. The molecule has 0 aliphatic carbocycles. The van der Waals surface area contributed by atoms with Crippen molar-refractivity contribution in [3.8, 4) is 0 Å². The Labute approximate surface area is 121 Å². The van der Waals surface area contributed by atoms with E-state index in [0.717, 1.165) is 26.2 Å². The average molecular weight is 275 g/mol. The van der Waals surface area contributed by atoms with Crippen LogP contribution in [0, 0.1) is 0 Å². The molecule has 1 aromatic carbocycles. The molecule has 110 valence electrons. The largest absolute Gasteiger partial charge is 0.338 e. The van der Waals surface area contributed by atoms with Crippen LogP contribution in [0.2, 0.25) is 0 Å². The molecule has 1 aromatic rings. The van der Waals surface area contributed by atoms with Gasteiger partial charge < -0.3 is 10.6 Å². The Morgan fingerprint density at radius 1 is 1.30 bits per heavy atom. The van der Waals surface area contributed by atoms with Gasteiger partial charge in [0.25, 0.3) is 0 Å². The molecule has 0 unspecified atom stereocenters. The van der Waals surface area contributed by atoms with Gasteiger partial charge in [0.15, 0.2) is 0 Å². The maximum Gasteiger partial charge on any atom is 0.239 e. The van der Waals surface area contributed by atoms with Crippen molar-refractivity contribution in [2.75, 3.05) is 19.6 Å². The first-order valence-corrected chi connectivity index (χ1v) is 7.23. The van der Waals surface area contributed by atoms with Crippen LogP contribution in [-0.4, -0.2) is 46.9 Å². The van der Waals surface area contributed by atoms with Crippen LogP contribution in [0.25, 0.3) is 0 Å². The second-order valence-corrected chi connectivity index (χ2v) is 6.27. The highest BCUT2D eigenvalue weighted by Gasteiger charge is 2.35. The number of rotatable bonds is 3. The number of hydrogen-bond donors (Lipinski definition) is 1. The van der Waals surface area contributed by atoms with Crippen molar-refractivity contribution >= 4 is 5.91 Å². The Morgan fingerprint density at radius 2 is 1.95 bits per heavy atom. The summed E-state index contributed by atoms with van der Waals surface area (Å²) in [7, 11) is 0. The van der Waals surface area contributed by atoms with Crippen molar-refractivity contribution in [3.63, 3.8) is 0 Å². The van der Waals surface area contributed by atoms with E-state index in [2.05, 4.69) is 43.0 Å². The van der Waals surface area contributed by atoms with E-state index in [-0.39, 0.29) is 11.4 Å². The number of amides is 1. The molecule has 2 N–H and O–H groups in total. The maximum atomic E-state index is 12.0. The number of nitrogens with zero attached hydrogens (tertiary/aromatic N) is 2. The lowest BCUT2D eigenvalue weighted by molar-refractivity contribution is -0.137. The van der Waals surface area contributed by atoms with Gasteiger partial charge in [0.1, 0.15) is 0 Å². The number of carbonyl (C=O) groups is 1. The van der Waals surface area contributed by atoms with E-state index < -0.39 is 6.04 Å². The van der Waals surface area contributed by atoms with Gasteiger partial charge in [-0.25, -0.2) is 0 Å². The standard InChI is InChI=1S/C16H25N3O/c1-13(17)15(20)18-9-10-19(16(2,3)12-18)11-14-7-5-4-6-8-14/h4-8,13H,9-12,17H2,1-3H3/t13-/m0/s1. The first-order valence-electron chi connectivity index (χ1n) is 7.23. The number of nitrogens with two attached hydrogens (primary N) is 1. The Hall–Kier alpha value is -1.39. The Balaban J connectivity index is 2.03. The highest BCUT2D eigenvalue weighted by atomic mass is 16.2. The van der Waals surface area contributed by atoms with Gasteiger partial charge in [-0.15, -0.1) is 0 Å². The second kappa shape index (κ2) is 5.94. The first-order chi connectivity index (χ1) is 9.40. The normalized spacial score (nSPS) is 20.7. The molecular formula is C16H25N3O. The monoisotopic (exact) mass is 275 g/mol. The van der Waals surface area contributed by atoms with Crippen molar-refractivity contribution < 1.29 is 4.79 Å². The molecule has 0 aromatic heterocycles. The molecule has 4 heteroatoms. The Bertz CT molecular complexity index is 456. The lowest BCUT2D eigenvalue weighted by atomic mass is 9.97. The summed E-state index contributed by atoms with van der Waals surface area (Å²) in [6, 6.07) is 10.1. The molecule has 0 radical (unpaired) electrons. The molecule has 1 saturated heterocycles. The number of hydrogen-bond acceptors (Lipinski definition) is 3. The van der Waals surface area contributed by atoms with Crippen molar-refractivity contribution in [1.82, 2.24) is 9.80 Å². The van der Waals surface area contributed by atoms with Gasteiger partial charge >= 0.3 is 0 Å². The van der Waals surface area contributed by atoms with Gasteiger partial charge in [0, 0.05) is 31.7 Å². The molecule has 0 spiro atoms. The van der Waals surface area contributed by atoms with Gasteiger partial charge in [-0.05, 0) is 26.3 Å². The predicted octanol–water partition coefficient (Wildman–Crippen LogP) is 1.46. The molecule has 1 atom stereocenters. The Morgan fingerprint density at radius 3 is 2.50 bits per heavy atom. The number of carbonyl (C=O) groups excluding carboxylic acids is 1. The van der Waals surface area contributed by atoms with Gasteiger partial charge in [0.2, 0.25) is 5.91 Å². The fourth-order valence-corrected chi connectivity index (χ4v) is 2.76. The minimum absolute atomic E-state index is 0.0291. The minimum atomic E-state index is -0.411. The second-order valence-electron chi connectivity index (χ2n) is 6.27. The third-order valence-electron chi connectivity index (χ3n) is 3.99. The van der Waals surface area contributed by atoms with E-state index >= 15 is 0 Å². The molecule has 0 bridgehead atoms. The molecule has 1 aliphatic heterocycles. The highest BCUT2D eigenvalue weighted by molar-refractivity contribution is 5.81.